The topological polar surface area (TPSA) is 81.9 Å². The Morgan fingerprint density at radius 3 is 2.79 bits per heavy atom. The van der Waals surface area contributed by atoms with E-state index in [-0.39, 0.29) is 5.69 Å². The molecule has 0 saturated heterocycles. The molecule has 1 aliphatic heterocycles. The second-order valence-electron chi connectivity index (χ2n) is 4.89. The van der Waals surface area contributed by atoms with E-state index in [9.17, 15) is 14.9 Å². The smallest absolute Gasteiger partial charge is 0.329 e. The van der Waals surface area contributed by atoms with Crippen LogP contribution in [0.25, 0.3) is 0 Å². The van der Waals surface area contributed by atoms with Crippen LogP contribution >= 0.6 is 0 Å². The minimum Gasteiger partial charge on any atom is -0.484 e. The molecule has 1 heterocycles. The largest absolute Gasteiger partial charge is 0.484 e. The van der Waals surface area contributed by atoms with Gasteiger partial charge >= 0.3 is 5.97 Å². The Bertz CT molecular complexity index is 541. The van der Waals surface area contributed by atoms with Gasteiger partial charge in [-0.25, -0.2) is 0 Å². The Morgan fingerprint density at radius 1 is 1.53 bits per heavy atom. The van der Waals surface area contributed by atoms with Gasteiger partial charge in [0.15, 0.2) is 0 Å². The highest BCUT2D eigenvalue weighted by Gasteiger charge is 2.34. The highest BCUT2D eigenvalue weighted by molar-refractivity contribution is 5.70. The molecule has 0 aromatic heterocycles. The molecule has 2 rings (SSSR count). The van der Waals surface area contributed by atoms with E-state index in [1.165, 1.54) is 30.2 Å². The number of carbonyl (C=O) groups excluding carboxylic acids is 1. The Balaban J connectivity index is 2.45. The first kappa shape index (κ1) is 13.1. The Hall–Kier alpha value is -2.31. The maximum atomic E-state index is 11.1. The quantitative estimate of drug-likeness (QED) is 0.602. The molecule has 0 aliphatic carbocycles. The van der Waals surface area contributed by atoms with E-state index in [0.717, 1.165) is 0 Å². The lowest BCUT2D eigenvalue weighted by atomic mass is 10.1. The van der Waals surface area contributed by atoms with Gasteiger partial charge in [0.05, 0.1) is 11.5 Å². The normalized spacial score (nSPS) is 16.3. The Morgan fingerprint density at radius 2 is 2.21 bits per heavy atom. The lowest BCUT2D eigenvalue weighted by Gasteiger charge is -2.38. The molecule has 7 nitrogen and oxygen atoms in total. The molecule has 0 amide bonds. The number of hydrogen-bond donors (Lipinski definition) is 0. The maximum Gasteiger partial charge on any atom is 0.329 e. The van der Waals surface area contributed by atoms with Crippen molar-refractivity contribution < 1.29 is 19.3 Å². The molecule has 0 atom stereocenters. The SMILES string of the molecule is CC(=O)ON1CC(C)(C)Oc2ccc([N+](=O)[O-])cc21. The molecule has 0 spiro atoms. The third kappa shape index (κ3) is 2.75. The second-order valence-corrected chi connectivity index (χ2v) is 4.89. The van der Waals surface area contributed by atoms with E-state index in [1.807, 2.05) is 13.8 Å². The number of carbonyl (C=O) groups is 1. The molecule has 0 radical (unpaired) electrons. The zero-order valence-corrected chi connectivity index (χ0v) is 10.9. The van der Waals surface area contributed by atoms with Gasteiger partial charge in [-0.2, -0.15) is 5.06 Å². The number of nitrogens with zero attached hydrogens (tertiary/aromatic N) is 2. The molecule has 1 aliphatic rings. The van der Waals surface area contributed by atoms with E-state index < -0.39 is 16.5 Å². The fraction of sp³-hybridized carbons (Fsp3) is 0.417. The first-order chi connectivity index (χ1) is 8.78. The van der Waals surface area contributed by atoms with Crippen LogP contribution in [0.1, 0.15) is 20.8 Å². The van der Waals surface area contributed by atoms with Crippen molar-refractivity contribution in [2.75, 3.05) is 11.6 Å². The number of benzene rings is 1. The molecule has 102 valence electrons. The van der Waals surface area contributed by atoms with Gasteiger partial charge in [-0.15, -0.1) is 0 Å². The van der Waals surface area contributed by atoms with Crippen molar-refractivity contribution >= 4 is 17.3 Å². The van der Waals surface area contributed by atoms with Gasteiger partial charge in [0.25, 0.3) is 5.69 Å². The van der Waals surface area contributed by atoms with E-state index in [4.69, 9.17) is 9.57 Å². The number of fused-ring (bicyclic) bond motifs is 1. The Kier molecular flexibility index (Phi) is 3.05. The molecule has 0 fully saturated rings. The number of hydrogen-bond acceptors (Lipinski definition) is 6. The number of hydroxylamine groups is 1. The summed E-state index contributed by atoms with van der Waals surface area (Å²) >= 11 is 0. The summed E-state index contributed by atoms with van der Waals surface area (Å²) in [5, 5.41) is 12.1. The predicted octanol–water partition coefficient (Wildman–Crippen LogP) is 2.05. The van der Waals surface area contributed by atoms with Crippen LogP contribution < -0.4 is 9.80 Å². The van der Waals surface area contributed by atoms with Gasteiger partial charge in [0.1, 0.15) is 17.0 Å². The van der Waals surface area contributed by atoms with Crippen LogP contribution in [0.4, 0.5) is 11.4 Å². The highest BCUT2D eigenvalue weighted by atomic mass is 16.7. The molecule has 1 aromatic carbocycles. The monoisotopic (exact) mass is 266 g/mol. The highest BCUT2D eigenvalue weighted by Crippen LogP contribution is 2.39. The number of rotatable bonds is 2. The van der Waals surface area contributed by atoms with Crippen molar-refractivity contribution in [3.8, 4) is 5.75 Å². The first-order valence-corrected chi connectivity index (χ1v) is 5.72. The minimum absolute atomic E-state index is 0.0841. The number of nitro groups is 1. The summed E-state index contributed by atoms with van der Waals surface area (Å²) in [7, 11) is 0. The molecule has 0 N–H and O–H groups in total. The van der Waals surface area contributed by atoms with Crippen LogP contribution in [0.3, 0.4) is 0 Å². The van der Waals surface area contributed by atoms with Crippen molar-refractivity contribution in [2.24, 2.45) is 0 Å². The molecule has 0 saturated carbocycles. The van der Waals surface area contributed by atoms with E-state index in [1.54, 1.807) is 0 Å². The van der Waals surface area contributed by atoms with Crippen molar-refractivity contribution in [3.63, 3.8) is 0 Å². The number of anilines is 1. The molecular weight excluding hydrogens is 252 g/mol. The van der Waals surface area contributed by atoms with Crippen LogP contribution in [0, 0.1) is 10.1 Å². The van der Waals surface area contributed by atoms with Crippen LogP contribution in [0.15, 0.2) is 18.2 Å². The minimum atomic E-state index is -0.557. The molecule has 7 heteroatoms. The molecule has 0 bridgehead atoms. The first-order valence-electron chi connectivity index (χ1n) is 5.72. The zero-order chi connectivity index (χ0) is 14.2. The predicted molar refractivity (Wildman–Crippen MR) is 66.9 cm³/mol. The lowest BCUT2D eigenvalue weighted by Crippen LogP contribution is -2.47. The van der Waals surface area contributed by atoms with E-state index >= 15 is 0 Å². The summed E-state index contributed by atoms with van der Waals surface area (Å²) in [4.78, 5) is 26.5. The van der Waals surface area contributed by atoms with Crippen molar-refractivity contribution in [2.45, 2.75) is 26.4 Å². The van der Waals surface area contributed by atoms with Crippen molar-refractivity contribution in [1.29, 1.82) is 0 Å². The van der Waals surface area contributed by atoms with E-state index in [2.05, 4.69) is 0 Å². The summed E-state index contributed by atoms with van der Waals surface area (Å²) in [6.45, 7) is 5.25. The third-order valence-electron chi connectivity index (χ3n) is 2.57. The van der Waals surface area contributed by atoms with Gasteiger partial charge in [-0.05, 0) is 19.9 Å². The van der Waals surface area contributed by atoms with Crippen LogP contribution in [0.2, 0.25) is 0 Å². The van der Waals surface area contributed by atoms with Crippen molar-refractivity contribution in [3.05, 3.63) is 28.3 Å². The molecule has 1 aromatic rings. The van der Waals surface area contributed by atoms with Gasteiger partial charge in [-0.1, -0.05) is 0 Å². The molecule has 19 heavy (non-hydrogen) atoms. The van der Waals surface area contributed by atoms with E-state index in [0.29, 0.717) is 18.0 Å². The summed E-state index contributed by atoms with van der Waals surface area (Å²) in [6.07, 6.45) is 0. The second kappa shape index (κ2) is 4.42. The van der Waals surface area contributed by atoms with Gasteiger partial charge in [0.2, 0.25) is 0 Å². The van der Waals surface area contributed by atoms with Gasteiger partial charge in [-0.3, -0.25) is 14.9 Å². The van der Waals surface area contributed by atoms with Crippen molar-refractivity contribution in [1.82, 2.24) is 0 Å². The van der Waals surface area contributed by atoms with Crippen LogP contribution in [0.5, 0.6) is 5.75 Å². The van der Waals surface area contributed by atoms with Crippen LogP contribution in [-0.4, -0.2) is 23.0 Å². The zero-order valence-electron chi connectivity index (χ0n) is 10.9. The lowest BCUT2D eigenvalue weighted by molar-refractivity contribution is -0.384. The summed E-state index contributed by atoms with van der Waals surface area (Å²) in [5.41, 5.74) is -0.263. The average Bonchev–Trinajstić information content (AvgIpc) is 2.25. The van der Waals surface area contributed by atoms with Gasteiger partial charge in [0, 0.05) is 19.1 Å². The fourth-order valence-electron chi connectivity index (χ4n) is 1.90. The summed E-state index contributed by atoms with van der Waals surface area (Å²) in [6, 6.07) is 4.19. The van der Waals surface area contributed by atoms with Crippen LogP contribution in [-0.2, 0) is 9.63 Å². The molecular formula is C12H14N2O5. The fourth-order valence-corrected chi connectivity index (χ4v) is 1.90. The number of non-ortho nitro benzene ring substituents is 1. The summed E-state index contributed by atoms with van der Waals surface area (Å²) < 4.78 is 5.71. The Labute approximate surface area is 109 Å². The van der Waals surface area contributed by atoms with Gasteiger partial charge < -0.3 is 9.57 Å². The maximum absolute atomic E-state index is 11.1. The third-order valence-corrected chi connectivity index (χ3v) is 2.57. The summed E-state index contributed by atoms with van der Waals surface area (Å²) in [5.74, 6) is -0.0433. The average molecular weight is 266 g/mol. The number of ether oxygens (including phenoxy) is 1. The number of nitro benzene ring substituents is 1. The standard InChI is InChI=1S/C12H14N2O5/c1-8(15)19-13-7-12(2,3)18-11-5-4-9(14(16)17)6-10(11)13/h4-6H,7H2,1-3H3. The molecule has 0 unspecified atom stereocenters.